The molecule has 3 fully saturated rings. The van der Waals surface area contributed by atoms with Gasteiger partial charge in [0.25, 0.3) is 0 Å². The van der Waals surface area contributed by atoms with Crippen LogP contribution < -0.4 is 0 Å². The van der Waals surface area contributed by atoms with E-state index in [2.05, 4.69) is 0 Å². The molecule has 6 nitrogen and oxygen atoms in total. The first-order valence-corrected chi connectivity index (χ1v) is 15.5. The first-order valence-electron chi connectivity index (χ1n) is 13.3. The minimum atomic E-state index is -3.42. The maximum absolute atomic E-state index is 14.4. The van der Waals surface area contributed by atoms with Gasteiger partial charge in [0.2, 0.25) is 15.9 Å². The van der Waals surface area contributed by atoms with Crippen molar-refractivity contribution in [1.82, 2.24) is 9.21 Å². The van der Waals surface area contributed by atoms with Gasteiger partial charge in [-0.1, -0.05) is 54.4 Å². The van der Waals surface area contributed by atoms with E-state index in [9.17, 15) is 18.0 Å². The van der Waals surface area contributed by atoms with Crippen LogP contribution >= 0.6 is 23.2 Å². The number of sulfonamides is 1. The second-order valence-corrected chi connectivity index (χ2v) is 14.6. The second kappa shape index (κ2) is 10.6. The number of likely N-dealkylation sites (N-methyl/N-ethyl adjacent to an activating group) is 1. The van der Waals surface area contributed by atoms with Crippen molar-refractivity contribution in [3.63, 3.8) is 0 Å². The van der Waals surface area contributed by atoms with E-state index in [1.54, 1.807) is 7.05 Å². The van der Waals surface area contributed by atoms with Crippen LogP contribution in [0.15, 0.2) is 48.5 Å². The summed E-state index contributed by atoms with van der Waals surface area (Å²) in [5.41, 5.74) is 0.999. The van der Waals surface area contributed by atoms with Crippen LogP contribution in [0.25, 0.3) is 0 Å². The average Bonchev–Trinajstić information content (AvgIpc) is 3.78. The number of aldehydes is 1. The maximum atomic E-state index is 14.4. The predicted octanol–water partition coefficient (Wildman–Crippen LogP) is 5.85. The van der Waals surface area contributed by atoms with E-state index in [-0.39, 0.29) is 48.0 Å². The number of hydrogen-bond donors (Lipinski definition) is 0. The number of hydrogen-bond acceptors (Lipinski definition) is 4. The minimum absolute atomic E-state index is 0.0976. The van der Waals surface area contributed by atoms with Crippen LogP contribution in [-0.2, 0) is 19.6 Å². The standard InChI is InChI=1S/C29H34Cl2N2O4S/c1-29(14-15-34)17-25(21-4-3-5-23(31)16-21)27(20-8-10-22(30)11-9-20)33(28(29)35)26(19-6-7-19)18-32(2)38(36,37)24-12-13-24/h3-5,8-11,15-16,19,24-27H,6-7,12-14,17-18H2,1-2H3/t25-,26-,27?,29+/m1/s1. The second-order valence-electron chi connectivity index (χ2n) is 11.4. The van der Waals surface area contributed by atoms with Gasteiger partial charge in [-0.25, -0.2) is 12.7 Å². The first-order chi connectivity index (χ1) is 18.0. The van der Waals surface area contributed by atoms with Gasteiger partial charge < -0.3 is 9.69 Å². The third-order valence-corrected chi connectivity index (χ3v) is 11.3. The quantitative estimate of drug-likeness (QED) is 0.332. The molecule has 2 aliphatic carbocycles. The van der Waals surface area contributed by atoms with Gasteiger partial charge in [0.05, 0.1) is 16.7 Å². The Kier molecular flexibility index (Phi) is 7.68. The molecule has 4 atom stereocenters. The van der Waals surface area contributed by atoms with Gasteiger partial charge in [0, 0.05) is 42.0 Å². The molecule has 0 aromatic heterocycles. The third kappa shape index (κ3) is 5.40. The molecule has 0 N–H and O–H groups in total. The van der Waals surface area contributed by atoms with Gasteiger partial charge in [-0.3, -0.25) is 4.79 Å². The molecule has 1 saturated heterocycles. The molecule has 38 heavy (non-hydrogen) atoms. The largest absolute Gasteiger partial charge is 0.330 e. The average molecular weight is 578 g/mol. The van der Waals surface area contributed by atoms with Crippen LogP contribution in [0.2, 0.25) is 10.0 Å². The molecule has 0 spiro atoms. The fourth-order valence-electron chi connectivity index (χ4n) is 6.05. The molecule has 1 amide bonds. The van der Waals surface area contributed by atoms with Crippen LogP contribution in [-0.4, -0.2) is 54.7 Å². The number of likely N-dealkylation sites (tertiary alicyclic amines) is 1. The summed E-state index contributed by atoms with van der Waals surface area (Å²) in [7, 11) is -1.78. The van der Waals surface area contributed by atoms with E-state index in [1.165, 1.54) is 4.31 Å². The summed E-state index contributed by atoms with van der Waals surface area (Å²) in [5, 5.41) is 0.879. The molecular weight excluding hydrogens is 543 g/mol. The summed E-state index contributed by atoms with van der Waals surface area (Å²) in [6, 6.07) is 14.5. The van der Waals surface area contributed by atoms with Crippen molar-refractivity contribution in [3.05, 3.63) is 69.7 Å². The number of piperidine rings is 1. The van der Waals surface area contributed by atoms with Gasteiger partial charge in [-0.2, -0.15) is 0 Å². The summed E-state index contributed by atoms with van der Waals surface area (Å²) >= 11 is 12.7. The number of rotatable bonds is 10. The van der Waals surface area contributed by atoms with Crippen molar-refractivity contribution < 1.29 is 18.0 Å². The van der Waals surface area contributed by atoms with Gasteiger partial charge in [-0.05, 0) is 73.4 Å². The Morgan fingerprint density at radius 3 is 2.32 bits per heavy atom. The summed E-state index contributed by atoms with van der Waals surface area (Å²) in [5.74, 6) is -0.0507. The lowest BCUT2D eigenvalue weighted by Crippen LogP contribution is -2.59. The van der Waals surface area contributed by atoms with Crippen molar-refractivity contribution in [3.8, 4) is 0 Å². The molecule has 3 aliphatic rings. The SMILES string of the molecule is CN(C[C@H](C1CC1)N1C(=O)[C@@](C)(CC=O)C[C@H](c2cccc(Cl)c2)C1c1ccc(Cl)cc1)S(=O)(=O)C1CC1. The lowest BCUT2D eigenvalue weighted by atomic mass is 9.67. The molecule has 1 unspecified atom stereocenters. The zero-order chi connectivity index (χ0) is 27.2. The molecule has 0 radical (unpaired) electrons. The lowest BCUT2D eigenvalue weighted by molar-refractivity contribution is -0.157. The molecular formula is C29H34Cl2N2O4S. The van der Waals surface area contributed by atoms with E-state index in [1.807, 2.05) is 60.4 Å². The summed E-state index contributed by atoms with van der Waals surface area (Å²) < 4.78 is 27.7. The Morgan fingerprint density at radius 2 is 1.74 bits per heavy atom. The highest BCUT2D eigenvalue weighted by Crippen LogP contribution is 2.54. The smallest absolute Gasteiger partial charge is 0.229 e. The van der Waals surface area contributed by atoms with Crippen LogP contribution in [0.1, 0.15) is 68.5 Å². The van der Waals surface area contributed by atoms with E-state index in [0.717, 1.165) is 30.3 Å². The Labute approximate surface area is 235 Å². The zero-order valence-electron chi connectivity index (χ0n) is 21.7. The van der Waals surface area contributed by atoms with Gasteiger partial charge in [-0.15, -0.1) is 0 Å². The zero-order valence-corrected chi connectivity index (χ0v) is 24.1. The number of benzene rings is 2. The van der Waals surface area contributed by atoms with E-state index in [4.69, 9.17) is 23.2 Å². The number of halogens is 2. The van der Waals surface area contributed by atoms with Crippen LogP contribution in [0, 0.1) is 11.3 Å². The van der Waals surface area contributed by atoms with E-state index < -0.39 is 15.4 Å². The highest BCUT2D eigenvalue weighted by atomic mass is 35.5. The molecule has 204 valence electrons. The Balaban J connectivity index is 1.64. The summed E-state index contributed by atoms with van der Waals surface area (Å²) in [6.07, 6.45) is 4.64. The van der Waals surface area contributed by atoms with Crippen LogP contribution in [0.5, 0.6) is 0 Å². The summed E-state index contributed by atoms with van der Waals surface area (Å²) in [4.78, 5) is 28.2. The van der Waals surface area contributed by atoms with Crippen molar-refractivity contribution >= 4 is 45.4 Å². The number of amides is 1. The molecule has 2 aromatic carbocycles. The topological polar surface area (TPSA) is 74.8 Å². The van der Waals surface area contributed by atoms with Crippen molar-refractivity contribution in [2.24, 2.45) is 11.3 Å². The number of nitrogens with zero attached hydrogens (tertiary/aromatic N) is 2. The molecule has 1 aliphatic heterocycles. The fraction of sp³-hybridized carbons (Fsp3) is 0.517. The van der Waals surface area contributed by atoms with Crippen molar-refractivity contribution in [2.75, 3.05) is 13.6 Å². The van der Waals surface area contributed by atoms with Gasteiger partial charge >= 0.3 is 0 Å². The van der Waals surface area contributed by atoms with Gasteiger partial charge in [0.1, 0.15) is 6.29 Å². The van der Waals surface area contributed by atoms with Crippen LogP contribution in [0.3, 0.4) is 0 Å². The van der Waals surface area contributed by atoms with Crippen molar-refractivity contribution in [2.45, 2.75) is 68.7 Å². The molecule has 1 heterocycles. The van der Waals surface area contributed by atoms with E-state index in [0.29, 0.717) is 29.3 Å². The van der Waals surface area contributed by atoms with Crippen molar-refractivity contribution in [1.29, 1.82) is 0 Å². The maximum Gasteiger partial charge on any atom is 0.229 e. The third-order valence-electron chi connectivity index (χ3n) is 8.47. The molecule has 0 bridgehead atoms. The first kappa shape index (κ1) is 27.6. The van der Waals surface area contributed by atoms with Crippen LogP contribution in [0.4, 0.5) is 0 Å². The van der Waals surface area contributed by atoms with E-state index >= 15 is 0 Å². The highest BCUT2D eigenvalue weighted by molar-refractivity contribution is 7.90. The lowest BCUT2D eigenvalue weighted by Gasteiger charge is -2.52. The number of carbonyl (C=O) groups is 2. The molecule has 2 aromatic rings. The predicted molar refractivity (Wildman–Crippen MR) is 150 cm³/mol. The normalized spacial score (nSPS) is 27.0. The molecule has 9 heteroatoms. The Hall–Kier alpha value is -1.93. The monoisotopic (exact) mass is 576 g/mol. The summed E-state index contributed by atoms with van der Waals surface area (Å²) in [6.45, 7) is 2.10. The Bertz CT molecular complexity index is 1310. The highest BCUT2D eigenvalue weighted by Gasteiger charge is 2.54. The molecule has 2 saturated carbocycles. The minimum Gasteiger partial charge on any atom is -0.330 e. The Morgan fingerprint density at radius 1 is 1.05 bits per heavy atom. The fourth-order valence-corrected chi connectivity index (χ4v) is 7.98. The molecule has 5 rings (SSSR count). The number of carbonyl (C=O) groups excluding carboxylic acids is 2. The van der Waals surface area contributed by atoms with Gasteiger partial charge in [0.15, 0.2) is 0 Å².